The van der Waals surface area contributed by atoms with Gasteiger partial charge in [-0.2, -0.15) is 0 Å². The van der Waals surface area contributed by atoms with E-state index < -0.39 is 0 Å². The van der Waals surface area contributed by atoms with Gasteiger partial charge in [-0.1, -0.05) is 48.5 Å². The Balaban J connectivity index is 1.73. The lowest BCUT2D eigenvalue weighted by Crippen LogP contribution is -2.43. The zero-order chi connectivity index (χ0) is 19.9. The van der Waals surface area contributed by atoms with Crippen LogP contribution in [0.15, 0.2) is 70.1 Å². The average molecular weight is 378 g/mol. The molecule has 0 bridgehead atoms. The number of likely N-dealkylation sites (N-methyl/N-ethyl adjacent to an activating group) is 1. The fraction of sp³-hybridized carbons (Fsp3) is 0.273. The summed E-state index contributed by atoms with van der Waals surface area (Å²) in [4.78, 5) is 18.1. The molecule has 0 radical (unpaired) electrons. The number of nitrogens with zero attached hydrogens (tertiary/aromatic N) is 2. The van der Waals surface area contributed by atoms with Gasteiger partial charge in [0.25, 0.3) is 0 Å². The Morgan fingerprint density at radius 3 is 2.54 bits per heavy atom. The molecular weight excluding hydrogens is 352 g/mol. The molecule has 6 nitrogen and oxygen atoms in total. The first-order chi connectivity index (χ1) is 13.5. The quantitative estimate of drug-likeness (QED) is 0.510. The molecule has 0 aliphatic heterocycles. The lowest BCUT2D eigenvalue weighted by molar-refractivity contribution is -0.127. The van der Waals surface area contributed by atoms with E-state index in [-0.39, 0.29) is 18.5 Å². The van der Waals surface area contributed by atoms with Crippen molar-refractivity contribution >= 4 is 22.8 Å². The minimum absolute atomic E-state index is 0.0226. The van der Waals surface area contributed by atoms with Crippen molar-refractivity contribution in [2.75, 3.05) is 20.6 Å². The molecule has 3 aromatic rings. The second-order valence-electron chi connectivity index (χ2n) is 6.84. The lowest BCUT2D eigenvalue weighted by Gasteiger charge is -2.18. The summed E-state index contributed by atoms with van der Waals surface area (Å²) >= 11 is 0. The topological polar surface area (TPSA) is 69.9 Å². The highest BCUT2D eigenvalue weighted by atomic mass is 16.3. The summed E-state index contributed by atoms with van der Waals surface area (Å²) in [5, 5.41) is 7.50. The van der Waals surface area contributed by atoms with Crippen molar-refractivity contribution in [1.82, 2.24) is 15.5 Å². The van der Waals surface area contributed by atoms with Gasteiger partial charge >= 0.3 is 0 Å². The number of carbonyl (C=O) groups is 1. The predicted molar refractivity (Wildman–Crippen MR) is 112 cm³/mol. The van der Waals surface area contributed by atoms with Crippen LogP contribution in [-0.4, -0.2) is 37.4 Å². The van der Waals surface area contributed by atoms with Crippen LogP contribution in [0.5, 0.6) is 0 Å². The molecule has 0 spiro atoms. The zero-order valence-electron chi connectivity index (χ0n) is 16.5. The van der Waals surface area contributed by atoms with E-state index in [0.29, 0.717) is 12.5 Å². The van der Waals surface area contributed by atoms with Gasteiger partial charge in [-0.3, -0.25) is 4.79 Å². The molecule has 1 atom stereocenters. The van der Waals surface area contributed by atoms with E-state index in [9.17, 15) is 4.79 Å². The Hall–Kier alpha value is -3.28. The van der Waals surface area contributed by atoms with Crippen LogP contribution in [0.1, 0.15) is 24.3 Å². The maximum Gasteiger partial charge on any atom is 0.241 e. The van der Waals surface area contributed by atoms with Crippen LogP contribution in [-0.2, 0) is 11.3 Å². The number of carbonyl (C=O) groups excluding carboxylic acids is 1. The third kappa shape index (κ3) is 5.13. The van der Waals surface area contributed by atoms with Gasteiger partial charge < -0.3 is 20.0 Å². The minimum atomic E-state index is -0.108. The number of guanidine groups is 1. The van der Waals surface area contributed by atoms with Gasteiger partial charge in [0.1, 0.15) is 11.3 Å². The number of aliphatic imine (C=N–C) groups is 1. The van der Waals surface area contributed by atoms with Gasteiger partial charge in [0.05, 0.1) is 19.1 Å². The molecule has 1 amide bonds. The van der Waals surface area contributed by atoms with Gasteiger partial charge in [-0.25, -0.2) is 4.99 Å². The number of hydrogen-bond donors (Lipinski definition) is 2. The molecule has 0 aliphatic carbocycles. The molecule has 0 saturated heterocycles. The van der Waals surface area contributed by atoms with E-state index in [1.54, 1.807) is 19.0 Å². The van der Waals surface area contributed by atoms with Gasteiger partial charge in [-0.05, 0) is 24.6 Å². The number of rotatable bonds is 6. The van der Waals surface area contributed by atoms with E-state index in [0.717, 1.165) is 22.3 Å². The Morgan fingerprint density at radius 1 is 1.11 bits per heavy atom. The molecule has 0 saturated carbocycles. The molecule has 28 heavy (non-hydrogen) atoms. The van der Waals surface area contributed by atoms with Crippen LogP contribution in [0.4, 0.5) is 0 Å². The maximum atomic E-state index is 12.0. The number of hydrogen-bond acceptors (Lipinski definition) is 3. The number of fused-ring (bicyclic) bond motifs is 1. The fourth-order valence-corrected chi connectivity index (χ4v) is 2.72. The van der Waals surface area contributed by atoms with Crippen molar-refractivity contribution in [2.24, 2.45) is 4.99 Å². The van der Waals surface area contributed by atoms with E-state index in [4.69, 9.17) is 4.42 Å². The third-order valence-electron chi connectivity index (χ3n) is 4.39. The first-order valence-corrected chi connectivity index (χ1v) is 9.30. The minimum Gasteiger partial charge on any atom is -0.459 e. The summed E-state index contributed by atoms with van der Waals surface area (Å²) < 4.78 is 5.94. The van der Waals surface area contributed by atoms with Crippen molar-refractivity contribution in [3.8, 4) is 0 Å². The largest absolute Gasteiger partial charge is 0.459 e. The van der Waals surface area contributed by atoms with Crippen LogP contribution >= 0.6 is 0 Å². The van der Waals surface area contributed by atoms with Crippen LogP contribution in [0.3, 0.4) is 0 Å². The Kier molecular flexibility index (Phi) is 6.32. The van der Waals surface area contributed by atoms with Crippen molar-refractivity contribution in [1.29, 1.82) is 0 Å². The van der Waals surface area contributed by atoms with E-state index >= 15 is 0 Å². The SMILES string of the molecule is CC(NC(=NCc1ccccc1)NCC(=O)N(C)C)c1cc2ccccc2o1. The molecule has 0 aliphatic rings. The molecule has 0 fully saturated rings. The number of amides is 1. The smallest absolute Gasteiger partial charge is 0.241 e. The molecule has 1 aromatic heterocycles. The van der Waals surface area contributed by atoms with Gasteiger partial charge in [0, 0.05) is 19.5 Å². The Morgan fingerprint density at radius 2 is 1.82 bits per heavy atom. The van der Waals surface area contributed by atoms with Crippen molar-refractivity contribution in [3.05, 3.63) is 72.0 Å². The predicted octanol–water partition coefficient (Wildman–Crippen LogP) is 3.32. The van der Waals surface area contributed by atoms with Crippen LogP contribution in [0.25, 0.3) is 11.0 Å². The van der Waals surface area contributed by atoms with E-state index in [1.165, 1.54) is 0 Å². The first-order valence-electron chi connectivity index (χ1n) is 9.30. The van der Waals surface area contributed by atoms with Crippen LogP contribution in [0.2, 0.25) is 0 Å². The monoisotopic (exact) mass is 378 g/mol. The molecule has 6 heteroatoms. The summed E-state index contributed by atoms with van der Waals surface area (Å²) in [6.45, 7) is 2.69. The second kappa shape index (κ2) is 9.08. The van der Waals surface area contributed by atoms with Crippen molar-refractivity contribution < 1.29 is 9.21 Å². The number of nitrogens with one attached hydrogen (secondary N) is 2. The summed E-state index contributed by atoms with van der Waals surface area (Å²) in [5.41, 5.74) is 1.95. The van der Waals surface area contributed by atoms with Gasteiger partial charge in [0.15, 0.2) is 5.96 Å². The Labute approximate surface area is 165 Å². The highest BCUT2D eigenvalue weighted by Crippen LogP contribution is 2.23. The molecule has 1 unspecified atom stereocenters. The average Bonchev–Trinajstić information content (AvgIpc) is 3.14. The standard InChI is InChI=1S/C22H26N4O2/c1-16(20-13-18-11-7-8-12-19(18)28-20)25-22(24-15-21(27)26(2)3)23-14-17-9-5-4-6-10-17/h4-13,16H,14-15H2,1-3H3,(H2,23,24,25). The van der Waals surface area contributed by atoms with E-state index in [1.807, 2.05) is 67.6 Å². The normalized spacial score (nSPS) is 12.6. The van der Waals surface area contributed by atoms with Gasteiger partial charge in [-0.15, -0.1) is 0 Å². The summed E-state index contributed by atoms with van der Waals surface area (Å²) in [6.07, 6.45) is 0. The lowest BCUT2D eigenvalue weighted by atomic mass is 10.2. The highest BCUT2D eigenvalue weighted by molar-refractivity contribution is 5.86. The molecule has 1 heterocycles. The second-order valence-corrected chi connectivity index (χ2v) is 6.84. The summed E-state index contributed by atoms with van der Waals surface area (Å²) in [6, 6.07) is 19.8. The van der Waals surface area contributed by atoms with E-state index in [2.05, 4.69) is 15.6 Å². The number of benzene rings is 2. The fourth-order valence-electron chi connectivity index (χ4n) is 2.72. The Bertz CT molecular complexity index is 914. The summed E-state index contributed by atoms with van der Waals surface area (Å²) in [5.74, 6) is 1.35. The zero-order valence-corrected chi connectivity index (χ0v) is 16.5. The first kappa shape index (κ1) is 19.5. The molecule has 3 rings (SSSR count). The van der Waals surface area contributed by atoms with Crippen molar-refractivity contribution in [3.63, 3.8) is 0 Å². The number of furan rings is 1. The molecular formula is C22H26N4O2. The summed E-state index contributed by atoms with van der Waals surface area (Å²) in [7, 11) is 3.46. The van der Waals surface area contributed by atoms with Crippen LogP contribution in [0, 0.1) is 0 Å². The molecule has 2 aromatic carbocycles. The van der Waals surface area contributed by atoms with Gasteiger partial charge in [0.2, 0.25) is 5.91 Å². The van der Waals surface area contributed by atoms with Crippen LogP contribution < -0.4 is 10.6 Å². The van der Waals surface area contributed by atoms with Crippen molar-refractivity contribution in [2.45, 2.75) is 19.5 Å². The number of para-hydroxylation sites is 1. The maximum absolute atomic E-state index is 12.0. The molecule has 2 N–H and O–H groups in total. The molecule has 146 valence electrons. The third-order valence-corrected chi connectivity index (χ3v) is 4.39. The highest BCUT2D eigenvalue weighted by Gasteiger charge is 2.14.